The van der Waals surface area contributed by atoms with Crippen molar-refractivity contribution >= 4 is 0 Å². The second-order valence-electron chi connectivity index (χ2n) is 5.69. The summed E-state index contributed by atoms with van der Waals surface area (Å²) in [6.07, 6.45) is 15.4. The molecular weight excluding hydrogens is 234 g/mol. The van der Waals surface area contributed by atoms with Gasteiger partial charge >= 0.3 is 0 Å². The largest absolute Gasteiger partial charge is 0.501 e. The molecule has 1 heterocycles. The Kier molecular flexibility index (Phi) is 9.88. The van der Waals surface area contributed by atoms with Crippen LogP contribution in [-0.2, 0) is 4.74 Å². The Labute approximate surface area is 120 Å². The molecule has 0 fully saturated rings. The van der Waals surface area contributed by atoms with Crippen molar-refractivity contribution in [3.05, 3.63) is 11.8 Å². The predicted molar refractivity (Wildman–Crippen MR) is 83.3 cm³/mol. The fraction of sp³-hybridized carbons (Fsp3) is 0.882. The molecule has 0 aromatic carbocycles. The molecule has 2 nitrogen and oxygen atoms in total. The molecule has 0 spiro atoms. The van der Waals surface area contributed by atoms with Gasteiger partial charge in [0.05, 0.1) is 12.9 Å². The van der Waals surface area contributed by atoms with Gasteiger partial charge in [-0.25, -0.2) is 0 Å². The lowest BCUT2D eigenvalue weighted by Crippen LogP contribution is -2.31. The van der Waals surface area contributed by atoms with Crippen LogP contribution in [0, 0.1) is 0 Å². The maximum Gasteiger partial charge on any atom is 0.0876 e. The van der Waals surface area contributed by atoms with Crippen molar-refractivity contribution in [2.24, 2.45) is 0 Å². The monoisotopic (exact) mass is 267 g/mol. The molecule has 0 aromatic heterocycles. The molecule has 1 aliphatic rings. The van der Waals surface area contributed by atoms with E-state index < -0.39 is 0 Å². The molecule has 0 saturated heterocycles. The summed E-state index contributed by atoms with van der Waals surface area (Å²) in [7, 11) is 0. The van der Waals surface area contributed by atoms with Crippen LogP contribution in [0.2, 0.25) is 0 Å². The van der Waals surface area contributed by atoms with Crippen molar-refractivity contribution in [2.75, 3.05) is 13.2 Å². The zero-order valence-electron chi connectivity index (χ0n) is 13.0. The van der Waals surface area contributed by atoms with Crippen molar-refractivity contribution in [3.63, 3.8) is 0 Å². The van der Waals surface area contributed by atoms with Gasteiger partial charge in [0.2, 0.25) is 0 Å². The van der Waals surface area contributed by atoms with Gasteiger partial charge in [-0.2, -0.15) is 0 Å². The smallest absolute Gasteiger partial charge is 0.0876 e. The van der Waals surface area contributed by atoms with Gasteiger partial charge in [0.1, 0.15) is 0 Å². The standard InChI is InChI=1S/C17H33NO/c1-3-5-6-7-8-9-10-13-17(18-4-2)16-12-11-14-19-15-16/h15,17-18H,3-14H2,1-2H3. The minimum atomic E-state index is 0.556. The average Bonchev–Trinajstić information content (AvgIpc) is 2.46. The number of nitrogens with one attached hydrogen (secondary N) is 1. The van der Waals surface area contributed by atoms with Gasteiger partial charge < -0.3 is 10.1 Å². The van der Waals surface area contributed by atoms with Crippen LogP contribution < -0.4 is 5.32 Å². The summed E-state index contributed by atoms with van der Waals surface area (Å²) < 4.78 is 5.48. The van der Waals surface area contributed by atoms with Crippen LogP contribution >= 0.6 is 0 Å². The zero-order chi connectivity index (χ0) is 13.8. The minimum Gasteiger partial charge on any atom is -0.501 e. The molecule has 1 N–H and O–H groups in total. The van der Waals surface area contributed by atoms with Crippen molar-refractivity contribution in [1.29, 1.82) is 0 Å². The molecule has 0 bridgehead atoms. The van der Waals surface area contributed by atoms with Gasteiger partial charge in [0.25, 0.3) is 0 Å². The lowest BCUT2D eigenvalue weighted by molar-refractivity contribution is 0.218. The summed E-state index contributed by atoms with van der Waals surface area (Å²) in [6.45, 7) is 6.43. The maximum absolute atomic E-state index is 5.48. The highest BCUT2D eigenvalue weighted by Gasteiger charge is 2.15. The van der Waals surface area contributed by atoms with Crippen LogP contribution in [-0.4, -0.2) is 19.2 Å². The fourth-order valence-electron chi connectivity index (χ4n) is 2.81. The minimum absolute atomic E-state index is 0.556. The molecule has 0 radical (unpaired) electrons. The summed E-state index contributed by atoms with van der Waals surface area (Å²) in [5.74, 6) is 0. The number of hydrogen-bond donors (Lipinski definition) is 1. The van der Waals surface area contributed by atoms with Crippen LogP contribution in [0.1, 0.15) is 78.1 Å². The fourth-order valence-corrected chi connectivity index (χ4v) is 2.81. The van der Waals surface area contributed by atoms with Crippen molar-refractivity contribution in [1.82, 2.24) is 5.32 Å². The summed E-state index contributed by atoms with van der Waals surface area (Å²) in [5.41, 5.74) is 1.49. The van der Waals surface area contributed by atoms with Crippen LogP contribution in [0.5, 0.6) is 0 Å². The molecule has 0 saturated carbocycles. The number of unbranched alkanes of at least 4 members (excludes halogenated alkanes) is 6. The van der Waals surface area contributed by atoms with Gasteiger partial charge in [-0.1, -0.05) is 58.8 Å². The Morgan fingerprint density at radius 3 is 2.47 bits per heavy atom. The predicted octanol–water partition coefficient (Wildman–Crippen LogP) is 4.80. The van der Waals surface area contributed by atoms with Gasteiger partial charge in [-0.3, -0.25) is 0 Å². The normalized spacial score (nSPS) is 16.8. The molecule has 2 heteroatoms. The number of ether oxygens (including phenoxy) is 1. The Morgan fingerprint density at radius 1 is 1.11 bits per heavy atom. The van der Waals surface area contributed by atoms with Crippen LogP contribution in [0.4, 0.5) is 0 Å². The highest BCUT2D eigenvalue weighted by Crippen LogP contribution is 2.20. The number of likely N-dealkylation sites (N-methyl/N-ethyl adjacent to an activating group) is 1. The Bertz CT molecular complexity index is 237. The molecule has 1 aliphatic heterocycles. The first kappa shape index (κ1) is 16.6. The first-order valence-corrected chi connectivity index (χ1v) is 8.42. The highest BCUT2D eigenvalue weighted by atomic mass is 16.5. The summed E-state index contributed by atoms with van der Waals surface area (Å²) >= 11 is 0. The highest BCUT2D eigenvalue weighted by molar-refractivity contribution is 5.09. The summed E-state index contributed by atoms with van der Waals surface area (Å²) in [5, 5.41) is 3.62. The van der Waals surface area contributed by atoms with Gasteiger partial charge in [0, 0.05) is 6.04 Å². The van der Waals surface area contributed by atoms with Crippen molar-refractivity contribution in [3.8, 4) is 0 Å². The van der Waals surface area contributed by atoms with E-state index in [0.717, 1.165) is 13.2 Å². The quantitative estimate of drug-likeness (QED) is 0.543. The molecule has 112 valence electrons. The Balaban J connectivity index is 2.13. The van der Waals surface area contributed by atoms with E-state index >= 15 is 0 Å². The van der Waals surface area contributed by atoms with Gasteiger partial charge in [-0.15, -0.1) is 0 Å². The average molecular weight is 267 g/mol. The molecule has 0 amide bonds. The third kappa shape index (κ3) is 7.61. The van der Waals surface area contributed by atoms with E-state index in [9.17, 15) is 0 Å². The van der Waals surface area contributed by atoms with Gasteiger partial charge in [0.15, 0.2) is 0 Å². The first-order chi connectivity index (χ1) is 9.38. The zero-order valence-corrected chi connectivity index (χ0v) is 13.0. The van der Waals surface area contributed by atoms with Crippen LogP contribution in [0.25, 0.3) is 0 Å². The van der Waals surface area contributed by atoms with E-state index in [1.165, 1.54) is 69.8 Å². The van der Waals surface area contributed by atoms with E-state index in [4.69, 9.17) is 4.74 Å². The van der Waals surface area contributed by atoms with E-state index in [1.807, 2.05) is 6.26 Å². The number of hydrogen-bond acceptors (Lipinski definition) is 2. The molecule has 0 aromatic rings. The second-order valence-corrected chi connectivity index (χ2v) is 5.69. The molecule has 19 heavy (non-hydrogen) atoms. The van der Waals surface area contributed by atoms with Crippen molar-refractivity contribution in [2.45, 2.75) is 84.1 Å². The Hall–Kier alpha value is -0.500. The SMILES string of the molecule is CCCCCCCCCC(NCC)C1=COCCC1. The molecule has 1 rings (SSSR count). The van der Waals surface area contributed by atoms with Crippen LogP contribution in [0.3, 0.4) is 0 Å². The molecule has 0 aliphatic carbocycles. The van der Waals surface area contributed by atoms with Crippen molar-refractivity contribution < 1.29 is 4.74 Å². The molecule has 1 atom stereocenters. The van der Waals surface area contributed by atoms with Gasteiger partial charge in [-0.05, 0) is 31.4 Å². The van der Waals surface area contributed by atoms with E-state index in [-0.39, 0.29) is 0 Å². The second kappa shape index (κ2) is 11.3. The topological polar surface area (TPSA) is 21.3 Å². The van der Waals surface area contributed by atoms with E-state index in [2.05, 4.69) is 19.2 Å². The summed E-state index contributed by atoms with van der Waals surface area (Å²) in [4.78, 5) is 0. The van der Waals surface area contributed by atoms with Crippen LogP contribution in [0.15, 0.2) is 11.8 Å². The van der Waals surface area contributed by atoms with E-state index in [0.29, 0.717) is 6.04 Å². The third-order valence-corrected chi connectivity index (χ3v) is 3.96. The summed E-state index contributed by atoms with van der Waals surface area (Å²) in [6, 6.07) is 0.556. The molecule has 1 unspecified atom stereocenters. The third-order valence-electron chi connectivity index (χ3n) is 3.96. The van der Waals surface area contributed by atoms with E-state index in [1.54, 1.807) is 0 Å². The maximum atomic E-state index is 5.48. The molecular formula is C17H33NO. The lowest BCUT2D eigenvalue weighted by Gasteiger charge is -2.24. The lowest BCUT2D eigenvalue weighted by atomic mass is 9.96. The first-order valence-electron chi connectivity index (χ1n) is 8.42. The Morgan fingerprint density at radius 2 is 1.84 bits per heavy atom. The number of rotatable bonds is 11.